The molecule has 2 N–H and O–H groups in total. The van der Waals surface area contributed by atoms with Crippen LogP contribution in [-0.2, 0) is 14.3 Å². The summed E-state index contributed by atoms with van der Waals surface area (Å²) in [7, 11) is 1.57. The van der Waals surface area contributed by atoms with Gasteiger partial charge in [0.15, 0.2) is 0 Å². The van der Waals surface area contributed by atoms with Crippen molar-refractivity contribution in [1.29, 1.82) is 0 Å². The Bertz CT molecular complexity index is 819. The van der Waals surface area contributed by atoms with E-state index in [-0.39, 0.29) is 36.7 Å². The number of ether oxygens (including phenoxy) is 2. The number of carbonyl (C=O) groups excluding carboxylic acids is 3. The number of amides is 2. The molecule has 8 heteroatoms. The molecule has 162 valence electrons. The molecule has 1 aromatic heterocycles. The highest BCUT2D eigenvalue weighted by molar-refractivity contribution is 7.08. The second-order valence-corrected chi connectivity index (χ2v) is 7.79. The second-order valence-electron chi connectivity index (χ2n) is 7.01. The summed E-state index contributed by atoms with van der Waals surface area (Å²) in [6.07, 6.45) is 0.533. The molecule has 2 rings (SSSR count). The highest BCUT2D eigenvalue weighted by Crippen LogP contribution is 2.21. The lowest BCUT2D eigenvalue weighted by Crippen LogP contribution is -2.32. The van der Waals surface area contributed by atoms with E-state index in [1.807, 2.05) is 17.5 Å². The van der Waals surface area contributed by atoms with Gasteiger partial charge in [-0.05, 0) is 49.4 Å². The molecule has 2 amide bonds. The number of thiophene rings is 1. The molecule has 1 heterocycles. The first kappa shape index (κ1) is 23.4. The maximum Gasteiger partial charge on any atom is 0.308 e. The van der Waals surface area contributed by atoms with Crippen LogP contribution in [0.2, 0.25) is 0 Å². The summed E-state index contributed by atoms with van der Waals surface area (Å²) in [5.74, 6) is -0.0359. The molecular weight excluding hydrogens is 404 g/mol. The van der Waals surface area contributed by atoms with Crippen molar-refractivity contribution >= 4 is 29.1 Å². The highest BCUT2D eigenvalue weighted by Gasteiger charge is 2.20. The third kappa shape index (κ3) is 7.87. The minimum absolute atomic E-state index is 0.0329. The van der Waals surface area contributed by atoms with E-state index in [9.17, 15) is 14.4 Å². The van der Waals surface area contributed by atoms with Crippen LogP contribution >= 0.6 is 11.3 Å². The zero-order valence-electron chi connectivity index (χ0n) is 17.5. The third-order valence-corrected chi connectivity index (χ3v) is 4.92. The lowest BCUT2D eigenvalue weighted by Gasteiger charge is -2.20. The Morgan fingerprint density at radius 1 is 1.10 bits per heavy atom. The molecule has 0 saturated carbocycles. The van der Waals surface area contributed by atoms with Gasteiger partial charge in [-0.1, -0.05) is 12.1 Å². The molecule has 2 aromatic rings. The molecule has 0 unspecified atom stereocenters. The van der Waals surface area contributed by atoms with Crippen molar-refractivity contribution in [3.8, 4) is 5.75 Å². The van der Waals surface area contributed by atoms with E-state index in [2.05, 4.69) is 10.6 Å². The van der Waals surface area contributed by atoms with Crippen LogP contribution in [0.3, 0.4) is 0 Å². The highest BCUT2D eigenvalue weighted by atomic mass is 32.1. The average Bonchev–Trinajstić information content (AvgIpc) is 3.25. The number of benzene rings is 1. The van der Waals surface area contributed by atoms with Crippen molar-refractivity contribution in [2.24, 2.45) is 0 Å². The number of methoxy groups -OCH3 is 1. The molecule has 7 nitrogen and oxygen atoms in total. The smallest absolute Gasteiger partial charge is 0.308 e. The van der Waals surface area contributed by atoms with Crippen molar-refractivity contribution in [1.82, 2.24) is 10.6 Å². The Balaban J connectivity index is 1.88. The zero-order chi connectivity index (χ0) is 21.9. The van der Waals surface area contributed by atoms with E-state index in [0.717, 1.165) is 5.56 Å². The van der Waals surface area contributed by atoms with Crippen LogP contribution in [0.15, 0.2) is 41.1 Å². The van der Waals surface area contributed by atoms with Gasteiger partial charge in [-0.15, -0.1) is 0 Å². The fourth-order valence-corrected chi connectivity index (χ4v) is 3.42. The summed E-state index contributed by atoms with van der Waals surface area (Å²) in [6, 6.07) is 8.43. The normalized spacial score (nSPS) is 11.6. The molecule has 0 radical (unpaired) electrons. The monoisotopic (exact) mass is 432 g/mol. The lowest BCUT2D eigenvalue weighted by molar-refractivity contribution is -0.148. The van der Waals surface area contributed by atoms with Gasteiger partial charge in [0.1, 0.15) is 5.75 Å². The molecule has 0 saturated heterocycles. The summed E-state index contributed by atoms with van der Waals surface area (Å²) in [4.78, 5) is 36.5. The van der Waals surface area contributed by atoms with Crippen LogP contribution in [-0.4, -0.2) is 37.5 Å². The molecule has 0 fully saturated rings. The van der Waals surface area contributed by atoms with Crippen LogP contribution in [0.5, 0.6) is 5.75 Å². The first-order valence-electron chi connectivity index (χ1n) is 9.82. The van der Waals surface area contributed by atoms with Crippen molar-refractivity contribution in [3.63, 3.8) is 0 Å². The van der Waals surface area contributed by atoms with Crippen molar-refractivity contribution in [3.05, 3.63) is 52.2 Å². The number of hydrogen-bond donors (Lipinski definition) is 2. The molecule has 0 spiro atoms. The van der Waals surface area contributed by atoms with Crippen LogP contribution in [0.4, 0.5) is 0 Å². The number of nitrogens with one attached hydrogen (secondary N) is 2. The first-order valence-corrected chi connectivity index (χ1v) is 10.8. The molecule has 0 aliphatic heterocycles. The molecule has 30 heavy (non-hydrogen) atoms. The van der Waals surface area contributed by atoms with E-state index in [1.165, 1.54) is 11.3 Å². The van der Waals surface area contributed by atoms with E-state index >= 15 is 0 Å². The Kier molecular flexibility index (Phi) is 9.34. The Hall–Kier alpha value is -2.87. The van der Waals surface area contributed by atoms with Crippen molar-refractivity contribution in [2.45, 2.75) is 45.3 Å². The molecule has 0 aliphatic carbocycles. The predicted molar refractivity (Wildman–Crippen MR) is 116 cm³/mol. The van der Waals surface area contributed by atoms with Gasteiger partial charge >= 0.3 is 5.97 Å². The number of carbonyl (C=O) groups is 3. The van der Waals surface area contributed by atoms with Crippen LogP contribution in [0.1, 0.15) is 55.1 Å². The van der Waals surface area contributed by atoms with Crippen molar-refractivity contribution < 1.29 is 23.9 Å². The Morgan fingerprint density at radius 3 is 2.43 bits per heavy atom. The van der Waals surface area contributed by atoms with Gasteiger partial charge in [-0.25, -0.2) is 0 Å². The van der Waals surface area contributed by atoms with Crippen LogP contribution < -0.4 is 15.4 Å². The van der Waals surface area contributed by atoms with Gasteiger partial charge in [0.25, 0.3) is 5.91 Å². The standard InChI is InChI=1S/C22H28N2O5S/c1-15(2)29-21(26)13-19(16-6-8-18(28-3)9-7-16)24-20(25)5-4-11-23-22(27)17-10-12-30-14-17/h6-10,12,14-15,19H,4-5,11,13H2,1-3H3,(H,23,27)(H,24,25)/t19-/m0/s1. The maximum absolute atomic E-state index is 12.4. The van der Waals surface area contributed by atoms with E-state index < -0.39 is 6.04 Å². The van der Waals surface area contributed by atoms with E-state index in [0.29, 0.717) is 24.3 Å². The molecular formula is C22H28N2O5S. The number of hydrogen-bond acceptors (Lipinski definition) is 6. The zero-order valence-corrected chi connectivity index (χ0v) is 18.3. The number of rotatable bonds is 11. The maximum atomic E-state index is 12.4. The fourth-order valence-electron chi connectivity index (χ4n) is 2.78. The summed E-state index contributed by atoms with van der Waals surface area (Å²) >= 11 is 1.46. The average molecular weight is 433 g/mol. The van der Waals surface area contributed by atoms with Crippen LogP contribution in [0.25, 0.3) is 0 Å². The second kappa shape index (κ2) is 12.0. The largest absolute Gasteiger partial charge is 0.497 e. The van der Waals surface area contributed by atoms with Gasteiger partial charge in [-0.2, -0.15) is 11.3 Å². The summed E-state index contributed by atoms with van der Waals surface area (Å²) in [5.41, 5.74) is 1.41. The van der Waals surface area contributed by atoms with Crippen molar-refractivity contribution in [2.75, 3.05) is 13.7 Å². The summed E-state index contributed by atoms with van der Waals surface area (Å²) in [5, 5.41) is 9.31. The SMILES string of the molecule is COc1ccc([C@H](CC(=O)OC(C)C)NC(=O)CCCNC(=O)c2ccsc2)cc1. The quantitative estimate of drug-likeness (QED) is 0.419. The predicted octanol–water partition coefficient (Wildman–Crippen LogP) is 3.47. The van der Waals surface area contributed by atoms with Gasteiger partial charge in [0.05, 0.1) is 25.7 Å². The summed E-state index contributed by atoms with van der Waals surface area (Å²) in [6.45, 7) is 3.96. The van der Waals surface area contributed by atoms with E-state index in [4.69, 9.17) is 9.47 Å². The summed E-state index contributed by atoms with van der Waals surface area (Å²) < 4.78 is 10.4. The van der Waals surface area contributed by atoms with E-state index in [1.54, 1.807) is 44.5 Å². The lowest BCUT2D eigenvalue weighted by atomic mass is 10.0. The molecule has 1 aromatic carbocycles. The Labute approximate surface area is 180 Å². The molecule has 0 bridgehead atoms. The van der Waals surface area contributed by atoms with Gasteiger partial charge in [-0.3, -0.25) is 14.4 Å². The fraction of sp³-hybridized carbons (Fsp3) is 0.409. The molecule has 0 aliphatic rings. The first-order chi connectivity index (χ1) is 14.4. The topological polar surface area (TPSA) is 93.7 Å². The minimum atomic E-state index is -0.505. The minimum Gasteiger partial charge on any atom is -0.497 e. The Morgan fingerprint density at radius 2 is 1.83 bits per heavy atom. The van der Waals surface area contributed by atoms with Gasteiger partial charge in [0, 0.05) is 23.9 Å². The van der Waals surface area contributed by atoms with Crippen LogP contribution in [0, 0.1) is 0 Å². The molecule has 1 atom stereocenters. The third-order valence-electron chi connectivity index (χ3n) is 4.24. The van der Waals surface area contributed by atoms with Gasteiger partial charge < -0.3 is 20.1 Å². The number of esters is 1. The van der Waals surface area contributed by atoms with Gasteiger partial charge in [0.2, 0.25) is 5.91 Å².